The number of nitrogen functional groups attached to an aromatic ring is 1. The number of nitrogens with two attached hydrogens (primary N) is 1. The van der Waals surface area contributed by atoms with Gasteiger partial charge < -0.3 is 10.5 Å². The Kier molecular flexibility index (Phi) is 4.28. The van der Waals surface area contributed by atoms with Crippen LogP contribution in [-0.2, 0) is 19.0 Å². The molecule has 0 radical (unpaired) electrons. The van der Waals surface area contributed by atoms with Gasteiger partial charge in [-0.05, 0) is 19.1 Å². The van der Waals surface area contributed by atoms with Gasteiger partial charge in [0.15, 0.2) is 0 Å². The summed E-state index contributed by atoms with van der Waals surface area (Å²) in [5, 5.41) is 0. The third-order valence-electron chi connectivity index (χ3n) is 1.88. The number of ether oxygens (including phenoxy) is 1. The summed E-state index contributed by atoms with van der Waals surface area (Å²) in [5.74, 6) is 0. The highest BCUT2D eigenvalue weighted by molar-refractivity contribution is 7.87. The summed E-state index contributed by atoms with van der Waals surface area (Å²) in [6, 6.07) is 6.17. The summed E-state index contributed by atoms with van der Waals surface area (Å²) in [6.45, 7) is 1.81. The maximum Gasteiger partial charge on any atom is 0.299 e. The van der Waals surface area contributed by atoms with Crippen LogP contribution in [-0.4, -0.2) is 28.2 Å². The number of hydrogen-bond donors (Lipinski definition) is 1. The minimum atomic E-state index is -3.82. The number of anilines is 1. The Morgan fingerprint density at radius 1 is 1.38 bits per heavy atom. The first-order valence-electron chi connectivity index (χ1n) is 4.74. The van der Waals surface area contributed by atoms with E-state index in [1.54, 1.807) is 19.1 Å². The fraction of sp³-hybridized carbons (Fsp3) is 0.400. The molecule has 1 aromatic carbocycles. The number of rotatable bonds is 5. The Morgan fingerprint density at radius 2 is 2.00 bits per heavy atom. The van der Waals surface area contributed by atoms with Gasteiger partial charge >= 0.3 is 0 Å². The summed E-state index contributed by atoms with van der Waals surface area (Å²) >= 11 is 0. The highest BCUT2D eigenvalue weighted by Gasteiger charge is 2.21. The SMILES string of the molecule is COC[C@H](C)OS(=O)(=O)c1ccccc1N. The molecule has 0 amide bonds. The van der Waals surface area contributed by atoms with E-state index >= 15 is 0 Å². The smallest absolute Gasteiger partial charge is 0.299 e. The first kappa shape index (κ1) is 13.0. The maximum atomic E-state index is 11.8. The minimum Gasteiger partial charge on any atom is -0.398 e. The van der Waals surface area contributed by atoms with Crippen LogP contribution in [0.25, 0.3) is 0 Å². The van der Waals surface area contributed by atoms with Crippen LogP contribution in [0.1, 0.15) is 6.92 Å². The number of hydrogen-bond acceptors (Lipinski definition) is 5. The number of para-hydroxylation sites is 1. The Bertz CT molecular complexity index is 444. The van der Waals surface area contributed by atoms with E-state index in [9.17, 15) is 8.42 Å². The number of methoxy groups -OCH3 is 1. The van der Waals surface area contributed by atoms with Crippen LogP contribution in [0.15, 0.2) is 29.2 Å². The zero-order chi connectivity index (χ0) is 12.2. The maximum absolute atomic E-state index is 11.8. The highest BCUT2D eigenvalue weighted by Crippen LogP contribution is 2.20. The third kappa shape index (κ3) is 3.19. The van der Waals surface area contributed by atoms with E-state index in [0.29, 0.717) is 0 Å². The quantitative estimate of drug-likeness (QED) is 0.618. The van der Waals surface area contributed by atoms with Crippen molar-refractivity contribution in [2.45, 2.75) is 17.9 Å². The Balaban J connectivity index is 2.91. The Hall–Kier alpha value is -1.11. The van der Waals surface area contributed by atoms with Gasteiger partial charge in [-0.25, -0.2) is 0 Å². The van der Waals surface area contributed by atoms with Crippen LogP contribution in [0.5, 0.6) is 0 Å². The van der Waals surface area contributed by atoms with E-state index in [-0.39, 0.29) is 17.2 Å². The molecule has 6 heteroatoms. The monoisotopic (exact) mass is 245 g/mol. The van der Waals surface area contributed by atoms with Gasteiger partial charge in [0.25, 0.3) is 10.1 Å². The Labute approximate surface area is 95.3 Å². The van der Waals surface area contributed by atoms with Crippen molar-refractivity contribution in [2.24, 2.45) is 0 Å². The van der Waals surface area contributed by atoms with Crippen molar-refractivity contribution in [1.29, 1.82) is 0 Å². The van der Waals surface area contributed by atoms with Crippen LogP contribution >= 0.6 is 0 Å². The summed E-state index contributed by atoms with van der Waals surface area (Å²) in [7, 11) is -2.34. The average molecular weight is 245 g/mol. The van der Waals surface area contributed by atoms with E-state index in [4.69, 9.17) is 14.7 Å². The number of benzene rings is 1. The molecule has 0 aliphatic heterocycles. The molecule has 0 saturated carbocycles. The predicted molar refractivity (Wildman–Crippen MR) is 60.5 cm³/mol. The summed E-state index contributed by atoms with van der Waals surface area (Å²) in [6.07, 6.45) is -0.547. The highest BCUT2D eigenvalue weighted by atomic mass is 32.2. The van der Waals surface area contributed by atoms with Crippen molar-refractivity contribution in [2.75, 3.05) is 19.5 Å². The van der Waals surface area contributed by atoms with Crippen molar-refractivity contribution >= 4 is 15.8 Å². The lowest BCUT2D eigenvalue weighted by Gasteiger charge is -2.12. The lowest BCUT2D eigenvalue weighted by Crippen LogP contribution is -2.20. The van der Waals surface area contributed by atoms with Crippen molar-refractivity contribution in [3.05, 3.63) is 24.3 Å². The summed E-state index contributed by atoms with van der Waals surface area (Å²) < 4.78 is 33.3. The first-order valence-corrected chi connectivity index (χ1v) is 6.15. The standard InChI is InChI=1S/C10H15NO4S/c1-8(7-14-2)15-16(12,13)10-6-4-3-5-9(10)11/h3-6,8H,7,11H2,1-2H3/t8-/m0/s1. The molecule has 1 atom stereocenters. The normalized spacial score (nSPS) is 13.6. The second-order valence-electron chi connectivity index (χ2n) is 3.35. The molecule has 90 valence electrons. The average Bonchev–Trinajstić information content (AvgIpc) is 2.17. The fourth-order valence-electron chi connectivity index (χ4n) is 1.24. The topological polar surface area (TPSA) is 78.6 Å². The molecule has 0 spiro atoms. The molecule has 0 fully saturated rings. The molecule has 0 saturated heterocycles. The molecule has 0 aliphatic rings. The minimum absolute atomic E-state index is 0.0158. The molecule has 0 aromatic heterocycles. The zero-order valence-corrected chi connectivity index (χ0v) is 10.0. The second-order valence-corrected chi connectivity index (χ2v) is 4.89. The van der Waals surface area contributed by atoms with E-state index < -0.39 is 16.2 Å². The largest absolute Gasteiger partial charge is 0.398 e. The van der Waals surface area contributed by atoms with Gasteiger partial charge in [0.05, 0.1) is 18.4 Å². The van der Waals surface area contributed by atoms with Gasteiger partial charge in [0.1, 0.15) is 4.90 Å². The zero-order valence-electron chi connectivity index (χ0n) is 9.21. The van der Waals surface area contributed by atoms with Crippen molar-refractivity contribution in [3.63, 3.8) is 0 Å². The van der Waals surface area contributed by atoms with Crippen LogP contribution in [0.3, 0.4) is 0 Å². The molecule has 2 N–H and O–H groups in total. The molecular weight excluding hydrogens is 230 g/mol. The van der Waals surface area contributed by atoms with Crippen LogP contribution in [0.2, 0.25) is 0 Å². The summed E-state index contributed by atoms with van der Waals surface area (Å²) in [4.78, 5) is -0.0158. The molecule has 0 bridgehead atoms. The lowest BCUT2D eigenvalue weighted by atomic mass is 10.3. The molecule has 1 rings (SSSR count). The predicted octanol–water partition coefficient (Wildman–Crippen LogP) is 1.01. The van der Waals surface area contributed by atoms with Crippen LogP contribution in [0, 0.1) is 0 Å². The molecule has 5 nitrogen and oxygen atoms in total. The lowest BCUT2D eigenvalue weighted by molar-refractivity contribution is 0.0962. The molecular formula is C10H15NO4S. The molecule has 0 heterocycles. The second kappa shape index (κ2) is 5.29. The summed E-state index contributed by atoms with van der Waals surface area (Å²) in [5.41, 5.74) is 5.74. The Morgan fingerprint density at radius 3 is 2.56 bits per heavy atom. The van der Waals surface area contributed by atoms with E-state index in [0.717, 1.165) is 0 Å². The molecule has 16 heavy (non-hydrogen) atoms. The van der Waals surface area contributed by atoms with Crippen LogP contribution < -0.4 is 5.73 Å². The van der Waals surface area contributed by atoms with Gasteiger partial charge in [-0.15, -0.1) is 0 Å². The molecule has 0 unspecified atom stereocenters. The van der Waals surface area contributed by atoms with Gasteiger partial charge in [0, 0.05) is 7.11 Å². The van der Waals surface area contributed by atoms with Crippen molar-refractivity contribution in [3.8, 4) is 0 Å². The van der Waals surface area contributed by atoms with Gasteiger partial charge in [-0.2, -0.15) is 8.42 Å². The van der Waals surface area contributed by atoms with Crippen molar-refractivity contribution < 1.29 is 17.3 Å². The van der Waals surface area contributed by atoms with Gasteiger partial charge in [0.2, 0.25) is 0 Å². The van der Waals surface area contributed by atoms with Crippen molar-refractivity contribution in [1.82, 2.24) is 0 Å². The first-order chi connectivity index (χ1) is 7.47. The fourth-order valence-corrected chi connectivity index (χ4v) is 2.43. The molecule has 0 aliphatic carbocycles. The van der Waals surface area contributed by atoms with Gasteiger partial charge in [-0.3, -0.25) is 4.18 Å². The van der Waals surface area contributed by atoms with E-state index in [2.05, 4.69) is 0 Å². The van der Waals surface area contributed by atoms with E-state index in [1.165, 1.54) is 19.2 Å². The molecule has 1 aromatic rings. The van der Waals surface area contributed by atoms with Gasteiger partial charge in [-0.1, -0.05) is 12.1 Å². The van der Waals surface area contributed by atoms with Crippen LogP contribution in [0.4, 0.5) is 5.69 Å². The third-order valence-corrected chi connectivity index (χ3v) is 3.37. The van der Waals surface area contributed by atoms with E-state index in [1.807, 2.05) is 0 Å².